The van der Waals surface area contributed by atoms with E-state index in [2.05, 4.69) is 50.5 Å². The van der Waals surface area contributed by atoms with E-state index in [1.807, 2.05) is 41.3 Å². The average Bonchev–Trinajstić information content (AvgIpc) is 4.00. The van der Waals surface area contributed by atoms with Crippen LogP contribution in [0, 0.1) is 0 Å². The van der Waals surface area contributed by atoms with Crippen LogP contribution >= 0.6 is 0 Å². The van der Waals surface area contributed by atoms with E-state index in [0.717, 1.165) is 16.0 Å². The monoisotopic (exact) mass is 825 g/mol. The highest BCUT2D eigenvalue weighted by atomic mass is 32.2. The SMILES string of the molecule is NS(=O)(=O)c1ccc(NC(=O)NC2CCN(c3nc(NCC(c4ccccc4)c4ccccc4)c4ncn([C@@H]5C[C@H](N6C(=O)NC(CO)C6=O)[C@@H](O)[C@H]5O)c4n3)C2)cc1. The van der Waals surface area contributed by atoms with E-state index in [1.54, 1.807) is 4.57 Å². The smallest absolute Gasteiger partial charge is 0.325 e. The minimum Gasteiger partial charge on any atom is -0.394 e. The van der Waals surface area contributed by atoms with Crippen molar-refractivity contribution in [3.8, 4) is 0 Å². The normalized spacial score (nSPS) is 23.3. The first-order valence-electron chi connectivity index (χ1n) is 19.0. The van der Waals surface area contributed by atoms with E-state index in [0.29, 0.717) is 54.7 Å². The number of urea groups is 2. The van der Waals surface area contributed by atoms with E-state index >= 15 is 0 Å². The molecule has 19 nitrogen and oxygen atoms in total. The summed E-state index contributed by atoms with van der Waals surface area (Å²) in [4.78, 5) is 55.9. The van der Waals surface area contributed by atoms with Crippen LogP contribution < -0.4 is 31.3 Å². The minimum atomic E-state index is -3.89. The number of nitrogens with zero attached hydrogens (tertiary/aromatic N) is 6. The van der Waals surface area contributed by atoms with Crippen LogP contribution in [0.15, 0.2) is 96.2 Å². The number of nitrogens with two attached hydrogens (primary N) is 1. The lowest BCUT2D eigenvalue weighted by molar-refractivity contribution is -0.131. The van der Waals surface area contributed by atoms with Gasteiger partial charge >= 0.3 is 12.1 Å². The zero-order valence-electron chi connectivity index (χ0n) is 31.5. The third-order valence-electron chi connectivity index (χ3n) is 11.1. The van der Waals surface area contributed by atoms with Crippen LogP contribution in [0.3, 0.4) is 0 Å². The van der Waals surface area contributed by atoms with Gasteiger partial charge in [-0.2, -0.15) is 9.97 Å². The van der Waals surface area contributed by atoms with Crippen LogP contribution in [-0.4, -0.2) is 123 Å². The first kappa shape index (κ1) is 39.6. The summed E-state index contributed by atoms with van der Waals surface area (Å²) >= 11 is 0. The molecule has 5 aromatic rings. The predicted molar refractivity (Wildman–Crippen MR) is 215 cm³/mol. The van der Waals surface area contributed by atoms with Gasteiger partial charge < -0.3 is 46.1 Å². The summed E-state index contributed by atoms with van der Waals surface area (Å²) in [5.74, 6) is -0.0620. The molecule has 0 bridgehead atoms. The van der Waals surface area contributed by atoms with Gasteiger partial charge in [0.1, 0.15) is 18.2 Å². The predicted octanol–water partition coefficient (Wildman–Crippen LogP) is 1.07. The first-order chi connectivity index (χ1) is 28.4. The summed E-state index contributed by atoms with van der Waals surface area (Å²) in [6, 6.07) is 20.9. The van der Waals surface area contributed by atoms with Crippen molar-refractivity contribution < 1.29 is 38.1 Å². The number of primary sulfonamides is 1. The molecular weight excluding hydrogens is 783 g/mol. The fourth-order valence-corrected chi connectivity index (χ4v) is 8.57. The van der Waals surface area contributed by atoms with E-state index in [4.69, 9.17) is 15.1 Å². The Morgan fingerprint density at radius 2 is 1.59 bits per heavy atom. The van der Waals surface area contributed by atoms with Crippen LogP contribution in [0.4, 0.5) is 27.0 Å². The van der Waals surface area contributed by atoms with Crippen molar-refractivity contribution in [1.29, 1.82) is 0 Å². The lowest BCUT2D eigenvalue weighted by Gasteiger charge is -2.24. The highest BCUT2D eigenvalue weighted by Crippen LogP contribution is 2.38. The molecule has 2 aromatic heterocycles. The number of sulfonamides is 1. The topological polar surface area (TPSA) is 270 Å². The molecule has 0 radical (unpaired) electrons. The zero-order chi connectivity index (χ0) is 41.4. The van der Waals surface area contributed by atoms with Gasteiger partial charge in [0, 0.05) is 37.3 Å². The lowest BCUT2D eigenvalue weighted by Crippen LogP contribution is -2.47. The number of hydrogen-bond acceptors (Lipinski definition) is 13. The number of amides is 5. The Balaban J connectivity index is 1.08. The van der Waals surface area contributed by atoms with Crippen LogP contribution in [0.1, 0.15) is 35.9 Å². The summed E-state index contributed by atoms with van der Waals surface area (Å²) in [5.41, 5.74) is 3.24. The zero-order valence-corrected chi connectivity index (χ0v) is 32.3. The summed E-state index contributed by atoms with van der Waals surface area (Å²) in [5, 5.41) is 48.9. The van der Waals surface area contributed by atoms with E-state index < -0.39 is 64.9 Å². The maximum atomic E-state index is 13.0. The van der Waals surface area contributed by atoms with Crippen molar-refractivity contribution in [3.05, 3.63) is 102 Å². The Kier molecular flexibility index (Phi) is 10.9. The number of carbonyl (C=O) groups excluding carboxylic acids is 3. The van der Waals surface area contributed by atoms with Gasteiger partial charge in [0.15, 0.2) is 17.0 Å². The number of benzene rings is 3. The first-order valence-corrected chi connectivity index (χ1v) is 20.6. The quantitative estimate of drug-likeness (QED) is 0.0820. The van der Waals surface area contributed by atoms with Gasteiger partial charge in [-0.15, -0.1) is 0 Å². The second kappa shape index (κ2) is 16.2. The maximum Gasteiger partial charge on any atom is 0.325 e. The molecule has 59 heavy (non-hydrogen) atoms. The van der Waals surface area contributed by atoms with Crippen LogP contribution in [0.2, 0.25) is 0 Å². The number of aliphatic hydroxyl groups excluding tert-OH is 3. The molecule has 3 aromatic carbocycles. The number of carbonyl (C=O) groups is 3. The average molecular weight is 826 g/mol. The van der Waals surface area contributed by atoms with E-state index in [9.17, 15) is 38.1 Å². The number of fused-ring (bicyclic) bond motifs is 1. The number of imide groups is 1. The Labute approximate surface area is 338 Å². The Morgan fingerprint density at radius 1 is 0.932 bits per heavy atom. The van der Waals surface area contributed by atoms with Gasteiger partial charge in [0.25, 0.3) is 5.91 Å². The molecule has 9 N–H and O–H groups in total. The molecule has 2 unspecified atom stereocenters. The molecular formula is C39H43N11O8S. The molecule has 2 aliphatic heterocycles. The summed E-state index contributed by atoms with van der Waals surface area (Å²) < 4.78 is 24.9. The number of hydrogen-bond donors (Lipinski definition) is 8. The molecule has 308 valence electrons. The number of nitrogens with one attached hydrogen (secondary N) is 4. The van der Waals surface area contributed by atoms with Crippen molar-refractivity contribution in [3.63, 3.8) is 0 Å². The Morgan fingerprint density at radius 3 is 2.22 bits per heavy atom. The Bertz CT molecular complexity index is 2420. The van der Waals surface area contributed by atoms with Crippen LogP contribution in [0.25, 0.3) is 11.2 Å². The number of aromatic nitrogens is 4. The molecule has 1 saturated carbocycles. The van der Waals surface area contributed by atoms with Crippen molar-refractivity contribution in [2.75, 3.05) is 41.8 Å². The fourth-order valence-electron chi connectivity index (χ4n) is 8.05. The van der Waals surface area contributed by atoms with Crippen molar-refractivity contribution in [1.82, 2.24) is 35.1 Å². The fraction of sp³-hybridized carbons (Fsp3) is 0.333. The number of anilines is 3. The van der Waals surface area contributed by atoms with Gasteiger partial charge in [-0.3, -0.25) is 9.69 Å². The molecule has 5 amide bonds. The third kappa shape index (κ3) is 7.99. The summed E-state index contributed by atoms with van der Waals surface area (Å²) in [6.07, 6.45) is -0.908. The van der Waals surface area contributed by atoms with Crippen molar-refractivity contribution >= 4 is 56.6 Å². The molecule has 8 rings (SSSR count). The van der Waals surface area contributed by atoms with Crippen LogP contribution in [-0.2, 0) is 14.8 Å². The standard InChI is InChI=1S/C39H43N11O8S/c40-59(57,58)26-13-11-24(12-14-26)43-38(55)44-25-15-16-48(19-25)37-46-34(41-18-27(22-7-3-1-4-8-22)23-9-5-2-6-10-23)31-35(47-37)49(21-42-31)29-17-30(33(53)32(29)52)50-36(54)28(20-51)45-39(50)56/h1-14,21,25,27-30,32-33,51-53H,15-20H2,(H,45,56)(H2,40,57,58)(H,41,46,47)(H2,43,44,55)/t25?,28?,29-,30+,32+,33-/m1/s1. The molecule has 4 heterocycles. The van der Waals surface area contributed by atoms with Gasteiger partial charge in [0.05, 0.1) is 29.9 Å². The van der Waals surface area contributed by atoms with E-state index in [1.165, 1.54) is 30.6 Å². The van der Waals surface area contributed by atoms with Gasteiger partial charge in [0.2, 0.25) is 16.0 Å². The van der Waals surface area contributed by atoms with Crippen molar-refractivity contribution in [2.45, 2.75) is 60.0 Å². The highest BCUT2D eigenvalue weighted by molar-refractivity contribution is 7.89. The van der Waals surface area contributed by atoms with Gasteiger partial charge in [-0.1, -0.05) is 60.7 Å². The van der Waals surface area contributed by atoms with Gasteiger partial charge in [-0.25, -0.2) is 28.1 Å². The van der Waals surface area contributed by atoms with E-state index in [-0.39, 0.29) is 23.3 Å². The number of imidazole rings is 1. The molecule has 0 spiro atoms. The molecule has 1 aliphatic carbocycles. The van der Waals surface area contributed by atoms with Crippen molar-refractivity contribution in [2.24, 2.45) is 5.14 Å². The highest BCUT2D eigenvalue weighted by Gasteiger charge is 2.52. The maximum absolute atomic E-state index is 13.0. The second-order valence-corrected chi connectivity index (χ2v) is 16.4. The largest absolute Gasteiger partial charge is 0.394 e. The lowest BCUT2D eigenvalue weighted by atomic mass is 9.91. The third-order valence-corrected chi connectivity index (χ3v) is 12.0. The van der Waals surface area contributed by atoms with Gasteiger partial charge in [-0.05, 0) is 48.2 Å². The molecule has 6 atom stereocenters. The minimum absolute atomic E-state index is 0.0210. The number of aliphatic hydroxyl groups is 3. The molecule has 20 heteroatoms. The second-order valence-electron chi connectivity index (χ2n) is 14.8. The molecule has 2 saturated heterocycles. The molecule has 3 aliphatic rings. The van der Waals surface area contributed by atoms with Crippen LogP contribution in [0.5, 0.6) is 0 Å². The number of rotatable bonds is 12. The summed E-state index contributed by atoms with van der Waals surface area (Å²) in [6.45, 7) is 0.606. The molecule has 3 fully saturated rings. The summed E-state index contributed by atoms with van der Waals surface area (Å²) in [7, 11) is -3.89. The Hall–Kier alpha value is -6.19.